The highest BCUT2D eigenvalue weighted by Gasteiger charge is 2.25. The van der Waals surface area contributed by atoms with E-state index in [1.54, 1.807) is 0 Å². The average molecular weight is 808 g/mol. The van der Waals surface area contributed by atoms with Gasteiger partial charge in [-0.15, -0.1) is 0 Å². The number of anilines is 3. The van der Waals surface area contributed by atoms with Crippen LogP contribution in [0.5, 0.6) is 0 Å². The lowest BCUT2D eigenvalue weighted by atomic mass is 9.87. The summed E-state index contributed by atoms with van der Waals surface area (Å²) in [5.74, 6) is 0. The number of aryl methyl sites for hydroxylation is 2. The topological polar surface area (TPSA) is 13.1 Å². The standard InChI is InChI=1S/C60H45N3/c1-40-26-27-43(36-54(40)51-32-28-42-16-12-13-23-50(42)41(51)2)44-29-34-58-55(37-44)53-33-30-49(39-60(53)63(58)47-21-10-5-11-22-47)61(45-17-6-3-7-18-45)48-31-35-59-56(38-48)52-24-14-15-25-57(52)62(59)46-19-8-4-9-20-46/h3-28,30-33,35-39H,29,34H2,1-2H3. The maximum Gasteiger partial charge on any atom is 0.0558 e. The largest absolute Gasteiger partial charge is 0.313 e. The number of nitrogens with zero attached hydrogens (tertiary/aromatic N) is 3. The fourth-order valence-electron chi connectivity index (χ4n) is 10.3. The lowest BCUT2D eigenvalue weighted by Gasteiger charge is -2.26. The molecule has 0 aliphatic heterocycles. The van der Waals surface area contributed by atoms with Crippen molar-refractivity contribution in [2.24, 2.45) is 0 Å². The van der Waals surface area contributed by atoms with Crippen LogP contribution in [0.15, 0.2) is 206 Å². The smallest absolute Gasteiger partial charge is 0.0558 e. The van der Waals surface area contributed by atoms with E-state index in [4.69, 9.17) is 0 Å². The Hall–Kier alpha value is -7.88. The molecule has 0 N–H and O–H groups in total. The molecule has 0 atom stereocenters. The van der Waals surface area contributed by atoms with Gasteiger partial charge in [0.15, 0.2) is 0 Å². The predicted molar refractivity (Wildman–Crippen MR) is 267 cm³/mol. The van der Waals surface area contributed by atoms with E-state index in [2.05, 4.69) is 240 Å². The quantitative estimate of drug-likeness (QED) is 0.156. The van der Waals surface area contributed by atoms with Crippen molar-refractivity contribution in [3.63, 3.8) is 0 Å². The Morgan fingerprint density at radius 1 is 0.413 bits per heavy atom. The molecule has 2 heterocycles. The normalized spacial score (nSPS) is 12.6. The van der Waals surface area contributed by atoms with Crippen molar-refractivity contribution in [3.8, 4) is 22.5 Å². The third-order valence-corrected chi connectivity index (χ3v) is 13.4. The number of hydrogen-bond donors (Lipinski definition) is 0. The molecule has 0 bridgehead atoms. The minimum Gasteiger partial charge on any atom is -0.313 e. The second-order valence-corrected chi connectivity index (χ2v) is 17.0. The van der Waals surface area contributed by atoms with Crippen LogP contribution >= 0.6 is 0 Å². The van der Waals surface area contributed by atoms with Gasteiger partial charge in [0.1, 0.15) is 0 Å². The fourth-order valence-corrected chi connectivity index (χ4v) is 10.3. The van der Waals surface area contributed by atoms with Crippen LogP contribution in [0, 0.1) is 13.8 Å². The molecule has 3 heteroatoms. The molecule has 9 aromatic carbocycles. The Kier molecular flexibility index (Phi) is 8.75. The van der Waals surface area contributed by atoms with Gasteiger partial charge in [-0.1, -0.05) is 127 Å². The number of para-hydroxylation sites is 4. The first kappa shape index (κ1) is 36.9. The van der Waals surface area contributed by atoms with Crippen LogP contribution in [0.25, 0.3) is 77.6 Å². The summed E-state index contributed by atoms with van der Waals surface area (Å²) in [5, 5.41) is 6.33. The molecule has 0 saturated heterocycles. The molecule has 63 heavy (non-hydrogen) atoms. The third kappa shape index (κ3) is 6.11. The summed E-state index contributed by atoms with van der Waals surface area (Å²) in [5.41, 5.74) is 19.9. The highest BCUT2D eigenvalue weighted by Crippen LogP contribution is 2.44. The Balaban J connectivity index is 1.02. The number of fused-ring (bicyclic) bond motifs is 7. The molecule has 0 unspecified atom stereocenters. The van der Waals surface area contributed by atoms with Gasteiger partial charge in [-0.3, -0.25) is 0 Å². The van der Waals surface area contributed by atoms with Gasteiger partial charge in [0.2, 0.25) is 0 Å². The van der Waals surface area contributed by atoms with Gasteiger partial charge in [0.25, 0.3) is 0 Å². The zero-order valence-corrected chi connectivity index (χ0v) is 35.5. The van der Waals surface area contributed by atoms with Gasteiger partial charge in [0, 0.05) is 55.9 Å². The number of hydrogen-bond acceptors (Lipinski definition) is 1. The number of allylic oxidation sites excluding steroid dienone is 1. The van der Waals surface area contributed by atoms with Crippen molar-refractivity contribution in [1.29, 1.82) is 0 Å². The summed E-state index contributed by atoms with van der Waals surface area (Å²) in [4.78, 5) is 2.42. The van der Waals surface area contributed by atoms with Crippen LogP contribution in [0.2, 0.25) is 0 Å². The minimum absolute atomic E-state index is 0.947. The summed E-state index contributed by atoms with van der Waals surface area (Å²) < 4.78 is 4.90. The summed E-state index contributed by atoms with van der Waals surface area (Å²) in [6, 6.07) is 75.6. The Morgan fingerprint density at radius 2 is 1.06 bits per heavy atom. The first-order valence-electron chi connectivity index (χ1n) is 22.1. The molecule has 1 aliphatic rings. The van der Waals surface area contributed by atoms with Gasteiger partial charge in [0.05, 0.1) is 16.6 Å². The van der Waals surface area contributed by atoms with Gasteiger partial charge in [-0.25, -0.2) is 0 Å². The second kappa shape index (κ2) is 14.9. The van der Waals surface area contributed by atoms with E-state index in [1.165, 1.54) is 93.8 Å². The SMILES string of the molecule is Cc1ccc(C2=Cc3c(n(-c4ccccc4)c4cc(N(c5ccccc5)c5ccc6c(c5)c5ccccc5n6-c5ccccc5)ccc34)CC2)cc1-c1ccc2ccccc2c1C. The van der Waals surface area contributed by atoms with Gasteiger partial charge < -0.3 is 14.0 Å². The summed E-state index contributed by atoms with van der Waals surface area (Å²) in [7, 11) is 0. The number of benzene rings is 9. The van der Waals surface area contributed by atoms with Crippen molar-refractivity contribution < 1.29 is 0 Å². The first-order valence-corrected chi connectivity index (χ1v) is 22.1. The molecule has 1 aliphatic carbocycles. The Bertz CT molecular complexity index is 3570. The molecule has 11 aromatic rings. The molecule has 0 spiro atoms. The van der Waals surface area contributed by atoms with Crippen LogP contribution in [-0.2, 0) is 6.42 Å². The molecule has 3 nitrogen and oxygen atoms in total. The lowest BCUT2D eigenvalue weighted by molar-refractivity contribution is 0.898. The number of aromatic nitrogens is 2. The van der Waals surface area contributed by atoms with Crippen molar-refractivity contribution in [3.05, 3.63) is 234 Å². The first-order chi connectivity index (χ1) is 31.1. The third-order valence-electron chi connectivity index (χ3n) is 13.4. The lowest BCUT2D eigenvalue weighted by Crippen LogP contribution is -2.10. The monoisotopic (exact) mass is 807 g/mol. The van der Waals surface area contributed by atoms with Gasteiger partial charge >= 0.3 is 0 Å². The second-order valence-electron chi connectivity index (χ2n) is 17.0. The Labute approximate surface area is 368 Å². The molecule has 300 valence electrons. The van der Waals surface area contributed by atoms with Crippen LogP contribution in [0.3, 0.4) is 0 Å². The fraction of sp³-hybridized carbons (Fsp3) is 0.0667. The van der Waals surface area contributed by atoms with E-state index >= 15 is 0 Å². The van der Waals surface area contributed by atoms with E-state index in [0.29, 0.717) is 0 Å². The summed E-state index contributed by atoms with van der Waals surface area (Å²) >= 11 is 0. The highest BCUT2D eigenvalue weighted by molar-refractivity contribution is 6.11. The van der Waals surface area contributed by atoms with Crippen molar-refractivity contribution in [1.82, 2.24) is 9.13 Å². The minimum atomic E-state index is 0.947. The van der Waals surface area contributed by atoms with Crippen molar-refractivity contribution >= 4 is 72.2 Å². The van der Waals surface area contributed by atoms with Crippen LogP contribution in [-0.4, -0.2) is 9.13 Å². The summed E-state index contributed by atoms with van der Waals surface area (Å²) in [6.07, 6.45) is 4.39. The Morgan fingerprint density at radius 3 is 1.86 bits per heavy atom. The average Bonchev–Trinajstić information content (AvgIpc) is 3.85. The van der Waals surface area contributed by atoms with Crippen LogP contribution < -0.4 is 4.90 Å². The van der Waals surface area contributed by atoms with Gasteiger partial charge in [-0.05, 0) is 156 Å². The molecular formula is C60H45N3. The van der Waals surface area contributed by atoms with Crippen molar-refractivity contribution in [2.75, 3.05) is 4.90 Å². The van der Waals surface area contributed by atoms with E-state index in [-0.39, 0.29) is 0 Å². The van der Waals surface area contributed by atoms with Crippen LogP contribution in [0.1, 0.15) is 34.4 Å². The number of rotatable bonds is 7. The molecule has 0 saturated carbocycles. The maximum absolute atomic E-state index is 2.51. The molecule has 0 fully saturated rings. The zero-order chi connectivity index (χ0) is 42.0. The van der Waals surface area contributed by atoms with Gasteiger partial charge in [-0.2, -0.15) is 0 Å². The molecular weight excluding hydrogens is 763 g/mol. The molecule has 12 rings (SSSR count). The maximum atomic E-state index is 2.51. The predicted octanol–water partition coefficient (Wildman–Crippen LogP) is 16.1. The van der Waals surface area contributed by atoms with E-state index in [9.17, 15) is 0 Å². The molecule has 2 aromatic heterocycles. The van der Waals surface area contributed by atoms with Crippen molar-refractivity contribution in [2.45, 2.75) is 26.7 Å². The summed E-state index contributed by atoms with van der Waals surface area (Å²) in [6.45, 7) is 4.51. The van der Waals surface area contributed by atoms with E-state index in [0.717, 1.165) is 35.6 Å². The van der Waals surface area contributed by atoms with E-state index < -0.39 is 0 Å². The van der Waals surface area contributed by atoms with Crippen LogP contribution in [0.4, 0.5) is 17.1 Å². The molecule has 0 radical (unpaired) electrons. The zero-order valence-electron chi connectivity index (χ0n) is 35.5. The highest BCUT2D eigenvalue weighted by atomic mass is 15.1. The van der Waals surface area contributed by atoms with E-state index in [1.807, 2.05) is 0 Å². The molecule has 0 amide bonds.